The third-order valence-electron chi connectivity index (χ3n) is 4.02. The molecule has 0 amide bonds. The highest BCUT2D eigenvalue weighted by molar-refractivity contribution is 5.89. The van der Waals surface area contributed by atoms with Crippen molar-refractivity contribution < 1.29 is 23.5 Å². The van der Waals surface area contributed by atoms with Crippen LogP contribution < -0.4 is 4.74 Å². The van der Waals surface area contributed by atoms with Gasteiger partial charge in [0, 0.05) is 22.6 Å². The van der Waals surface area contributed by atoms with Crippen LogP contribution in [0, 0.1) is 5.82 Å². The van der Waals surface area contributed by atoms with Gasteiger partial charge in [0.15, 0.2) is 0 Å². The molecule has 1 aliphatic carbocycles. The molecule has 0 aromatic heterocycles. The molecule has 0 heterocycles. The van der Waals surface area contributed by atoms with E-state index < -0.39 is 23.2 Å². The highest BCUT2D eigenvalue weighted by Gasteiger charge is 2.29. The summed E-state index contributed by atoms with van der Waals surface area (Å²) >= 11 is 0. The molecule has 5 heteroatoms. The molecule has 1 aromatic rings. The van der Waals surface area contributed by atoms with Gasteiger partial charge in [0.25, 0.3) is 0 Å². The van der Waals surface area contributed by atoms with Crippen LogP contribution in [0.2, 0.25) is 0 Å². The number of benzene rings is 1. The van der Waals surface area contributed by atoms with Gasteiger partial charge in [0.05, 0.1) is 0 Å². The van der Waals surface area contributed by atoms with E-state index in [2.05, 4.69) is 13.2 Å². The number of ether oxygens (including phenoxy) is 2. The Balaban J connectivity index is 2.16. The van der Waals surface area contributed by atoms with Crippen molar-refractivity contribution in [1.82, 2.24) is 0 Å². The van der Waals surface area contributed by atoms with Gasteiger partial charge in [-0.05, 0) is 44.1 Å². The van der Waals surface area contributed by atoms with E-state index in [1.807, 2.05) is 6.92 Å². The molecule has 2 rings (SSSR count). The van der Waals surface area contributed by atoms with Crippen LogP contribution in [-0.2, 0) is 19.7 Å². The fraction of sp³-hybridized carbons (Fsp3) is 0.238. The van der Waals surface area contributed by atoms with Crippen LogP contribution >= 0.6 is 0 Å². The number of hydrogen-bond donors (Lipinski definition) is 0. The van der Waals surface area contributed by atoms with Gasteiger partial charge in [0.1, 0.15) is 17.3 Å². The Labute approximate surface area is 152 Å². The molecular formula is C21H21FO4. The molecule has 4 nitrogen and oxygen atoms in total. The quantitative estimate of drug-likeness (QED) is 0.442. The van der Waals surface area contributed by atoms with E-state index >= 15 is 0 Å². The average molecular weight is 356 g/mol. The largest absolute Gasteiger partial charge is 0.424 e. The number of rotatable bonds is 5. The van der Waals surface area contributed by atoms with Crippen molar-refractivity contribution in [2.24, 2.45) is 0 Å². The Hall–Kier alpha value is -2.95. The maximum absolute atomic E-state index is 14.6. The first-order valence-corrected chi connectivity index (χ1v) is 8.07. The second kappa shape index (κ2) is 7.52. The Morgan fingerprint density at radius 2 is 1.73 bits per heavy atom. The third kappa shape index (κ3) is 4.36. The van der Waals surface area contributed by atoms with E-state index in [1.54, 1.807) is 37.3 Å². The maximum atomic E-state index is 14.6. The minimum absolute atomic E-state index is 0.120. The smallest absolute Gasteiger partial charge is 0.338 e. The second-order valence-electron chi connectivity index (χ2n) is 6.54. The lowest BCUT2D eigenvalue weighted by atomic mass is 9.77. The Morgan fingerprint density at radius 1 is 1.12 bits per heavy atom. The fourth-order valence-electron chi connectivity index (χ4n) is 2.40. The average Bonchev–Trinajstić information content (AvgIpc) is 2.56. The van der Waals surface area contributed by atoms with Crippen LogP contribution in [0.15, 0.2) is 66.5 Å². The van der Waals surface area contributed by atoms with Crippen molar-refractivity contribution in [2.45, 2.75) is 32.6 Å². The molecule has 1 atom stereocenters. The van der Waals surface area contributed by atoms with Crippen LogP contribution in [0.4, 0.5) is 4.39 Å². The summed E-state index contributed by atoms with van der Waals surface area (Å²) in [5, 5.41) is 0. The number of esters is 2. The Morgan fingerprint density at radius 3 is 2.23 bits per heavy atom. The van der Waals surface area contributed by atoms with Gasteiger partial charge in [-0.25, -0.2) is 14.0 Å². The summed E-state index contributed by atoms with van der Waals surface area (Å²) in [7, 11) is 0. The summed E-state index contributed by atoms with van der Waals surface area (Å²) in [6, 6.07) is 4.30. The molecule has 1 aromatic carbocycles. The van der Waals surface area contributed by atoms with Crippen LogP contribution in [0.25, 0.3) is 0 Å². The third-order valence-corrected chi connectivity index (χ3v) is 4.02. The molecule has 0 saturated heterocycles. The molecule has 0 spiro atoms. The molecule has 136 valence electrons. The van der Waals surface area contributed by atoms with E-state index in [0.717, 1.165) is 0 Å². The first-order chi connectivity index (χ1) is 12.1. The lowest BCUT2D eigenvalue weighted by Crippen LogP contribution is -2.23. The van der Waals surface area contributed by atoms with E-state index in [1.165, 1.54) is 13.0 Å². The number of allylic oxidation sites excluding steroid dienone is 3. The normalized spacial score (nSPS) is 18.7. The second-order valence-corrected chi connectivity index (χ2v) is 6.54. The van der Waals surface area contributed by atoms with E-state index in [9.17, 15) is 14.0 Å². The first-order valence-electron chi connectivity index (χ1n) is 8.07. The zero-order valence-electron chi connectivity index (χ0n) is 15.1. The summed E-state index contributed by atoms with van der Waals surface area (Å²) in [5.74, 6) is -1.07. The SMILES string of the molecule is C=C(C)C(=O)OC1=CCC(C)(c2ccc(OC(=O)C(=C)C)cc2F)C=C1. The van der Waals surface area contributed by atoms with Gasteiger partial charge in [-0.15, -0.1) is 0 Å². The zero-order valence-corrected chi connectivity index (χ0v) is 15.1. The summed E-state index contributed by atoms with van der Waals surface area (Å²) in [6.07, 6.45) is 5.60. The van der Waals surface area contributed by atoms with Crippen molar-refractivity contribution in [1.29, 1.82) is 0 Å². The van der Waals surface area contributed by atoms with Gasteiger partial charge in [-0.3, -0.25) is 0 Å². The van der Waals surface area contributed by atoms with Crippen molar-refractivity contribution in [3.05, 3.63) is 77.9 Å². The number of hydrogen-bond acceptors (Lipinski definition) is 4. The summed E-state index contributed by atoms with van der Waals surface area (Å²) < 4.78 is 24.8. The highest BCUT2D eigenvalue weighted by atomic mass is 19.1. The predicted molar refractivity (Wildman–Crippen MR) is 96.9 cm³/mol. The molecule has 0 bridgehead atoms. The van der Waals surface area contributed by atoms with Crippen LogP contribution in [-0.4, -0.2) is 11.9 Å². The summed E-state index contributed by atoms with van der Waals surface area (Å²) in [4.78, 5) is 23.1. The fourth-order valence-corrected chi connectivity index (χ4v) is 2.40. The van der Waals surface area contributed by atoms with Gasteiger partial charge in [0.2, 0.25) is 0 Å². The molecule has 26 heavy (non-hydrogen) atoms. The molecule has 1 unspecified atom stereocenters. The summed E-state index contributed by atoms with van der Waals surface area (Å²) in [5.41, 5.74) is 0.378. The lowest BCUT2D eigenvalue weighted by Gasteiger charge is -2.29. The van der Waals surface area contributed by atoms with Crippen LogP contribution in [0.3, 0.4) is 0 Å². The van der Waals surface area contributed by atoms with Crippen molar-refractivity contribution in [3.63, 3.8) is 0 Å². The van der Waals surface area contributed by atoms with Gasteiger partial charge >= 0.3 is 11.9 Å². The minimum atomic E-state index is -0.611. The molecule has 0 saturated carbocycles. The van der Waals surface area contributed by atoms with E-state index in [0.29, 0.717) is 23.3 Å². The number of carbonyl (C=O) groups excluding carboxylic acids is 2. The number of carbonyl (C=O) groups is 2. The van der Waals surface area contributed by atoms with Gasteiger partial charge in [-0.1, -0.05) is 32.2 Å². The van der Waals surface area contributed by atoms with Crippen molar-refractivity contribution in [2.75, 3.05) is 0 Å². The molecule has 0 radical (unpaired) electrons. The standard InChI is InChI=1S/C21H21FO4/c1-13(2)19(23)25-15-8-10-21(5,11-9-15)17-7-6-16(12-18(17)22)26-20(24)14(3)4/h6-10,12H,1,3,11H2,2,4-5H3. The monoisotopic (exact) mass is 356 g/mol. The van der Waals surface area contributed by atoms with E-state index in [-0.39, 0.29) is 11.3 Å². The highest BCUT2D eigenvalue weighted by Crippen LogP contribution is 2.36. The Bertz CT molecular complexity index is 848. The molecule has 0 N–H and O–H groups in total. The van der Waals surface area contributed by atoms with Gasteiger partial charge < -0.3 is 9.47 Å². The summed E-state index contributed by atoms with van der Waals surface area (Å²) in [6.45, 7) is 12.0. The molecular weight excluding hydrogens is 335 g/mol. The first kappa shape index (κ1) is 19.4. The maximum Gasteiger partial charge on any atom is 0.338 e. The molecule has 0 aliphatic heterocycles. The molecule has 1 aliphatic rings. The molecule has 0 fully saturated rings. The zero-order chi connectivity index (χ0) is 19.5. The number of halogens is 1. The topological polar surface area (TPSA) is 52.6 Å². The van der Waals surface area contributed by atoms with Crippen molar-refractivity contribution in [3.8, 4) is 5.75 Å². The minimum Gasteiger partial charge on any atom is -0.424 e. The Kier molecular flexibility index (Phi) is 5.60. The predicted octanol–water partition coefficient (Wildman–Crippen LogP) is 4.53. The van der Waals surface area contributed by atoms with Crippen LogP contribution in [0.1, 0.15) is 32.8 Å². The van der Waals surface area contributed by atoms with Gasteiger partial charge in [-0.2, -0.15) is 0 Å². The van der Waals surface area contributed by atoms with E-state index in [4.69, 9.17) is 9.47 Å². The van der Waals surface area contributed by atoms with Crippen molar-refractivity contribution >= 4 is 11.9 Å². The lowest BCUT2D eigenvalue weighted by molar-refractivity contribution is -0.134. The van der Waals surface area contributed by atoms with Crippen LogP contribution in [0.5, 0.6) is 5.75 Å².